The number of rotatable bonds is 7. The van der Waals surface area contributed by atoms with Crippen LogP contribution in [0.5, 0.6) is 5.75 Å². The molecule has 0 spiro atoms. The van der Waals surface area contributed by atoms with Crippen molar-refractivity contribution in [3.05, 3.63) is 59.1 Å². The van der Waals surface area contributed by atoms with Crippen molar-refractivity contribution in [1.29, 1.82) is 0 Å². The molecule has 0 unspecified atom stereocenters. The monoisotopic (exact) mass is 363 g/mol. The van der Waals surface area contributed by atoms with E-state index in [4.69, 9.17) is 16.3 Å². The minimum atomic E-state index is -0.184. The van der Waals surface area contributed by atoms with Crippen molar-refractivity contribution < 1.29 is 9.53 Å². The summed E-state index contributed by atoms with van der Waals surface area (Å²) in [4.78, 5) is 13.4. The fourth-order valence-electron chi connectivity index (χ4n) is 2.20. The Balaban J connectivity index is 1.91. The molecule has 24 heavy (non-hydrogen) atoms. The molecule has 0 saturated carbocycles. The molecule has 2 aromatic rings. The van der Waals surface area contributed by atoms with Crippen molar-refractivity contribution in [2.24, 2.45) is 0 Å². The van der Waals surface area contributed by atoms with Gasteiger partial charge in [-0.3, -0.25) is 4.79 Å². The molecule has 0 heterocycles. The largest absolute Gasteiger partial charge is 0.494 e. The fraction of sp³-hybridized carbons (Fsp3) is 0.316. The first-order valence-electron chi connectivity index (χ1n) is 7.95. The summed E-state index contributed by atoms with van der Waals surface area (Å²) in [5.41, 5.74) is 1.05. The van der Waals surface area contributed by atoms with Crippen LogP contribution in [0.4, 0.5) is 0 Å². The van der Waals surface area contributed by atoms with Crippen LogP contribution in [-0.4, -0.2) is 17.8 Å². The smallest absolute Gasteiger partial charge is 0.233 e. The topological polar surface area (TPSA) is 38.3 Å². The second-order valence-electron chi connectivity index (χ2n) is 5.45. The number of ether oxygens (including phenoxy) is 1. The molecule has 1 amide bonds. The zero-order chi connectivity index (χ0) is 17.5. The lowest BCUT2D eigenvalue weighted by atomic mass is 10.1. The van der Waals surface area contributed by atoms with Crippen LogP contribution in [0.1, 0.15) is 32.4 Å². The van der Waals surface area contributed by atoms with Gasteiger partial charge in [0.25, 0.3) is 0 Å². The zero-order valence-corrected chi connectivity index (χ0v) is 15.7. The lowest BCUT2D eigenvalue weighted by Crippen LogP contribution is -2.33. The van der Waals surface area contributed by atoms with Crippen molar-refractivity contribution in [3.63, 3.8) is 0 Å². The maximum Gasteiger partial charge on any atom is 0.233 e. The van der Waals surface area contributed by atoms with E-state index in [0.717, 1.165) is 16.2 Å². The van der Waals surface area contributed by atoms with Gasteiger partial charge in [-0.1, -0.05) is 23.7 Å². The highest BCUT2D eigenvalue weighted by Crippen LogP contribution is 2.25. The molecule has 5 heteroatoms. The first-order chi connectivity index (χ1) is 11.5. The third-order valence-electron chi connectivity index (χ3n) is 3.55. The highest BCUT2D eigenvalue weighted by atomic mass is 35.5. The summed E-state index contributed by atoms with van der Waals surface area (Å²) in [5, 5.41) is 3.56. The lowest BCUT2D eigenvalue weighted by Gasteiger charge is -2.18. The Bertz CT molecular complexity index is 658. The predicted octanol–water partition coefficient (Wildman–Crippen LogP) is 5.10. The van der Waals surface area contributed by atoms with Gasteiger partial charge in [0, 0.05) is 9.92 Å². The molecule has 0 fully saturated rings. The Morgan fingerprint density at radius 3 is 2.33 bits per heavy atom. The standard InChI is InChI=1S/C19H22ClNO2S/c1-4-23-17-9-5-15(6-10-17)13(2)21-19(22)14(3)24-18-11-7-16(20)8-12-18/h5-14H,4H2,1-3H3,(H,21,22)/t13-,14+/m0/s1. The normalized spacial score (nSPS) is 13.2. The van der Waals surface area contributed by atoms with E-state index in [1.54, 1.807) is 0 Å². The van der Waals surface area contributed by atoms with Crippen LogP contribution in [0.2, 0.25) is 5.02 Å². The quantitative estimate of drug-likeness (QED) is 0.696. The maximum absolute atomic E-state index is 12.4. The molecule has 0 radical (unpaired) electrons. The number of carbonyl (C=O) groups is 1. The number of benzene rings is 2. The summed E-state index contributed by atoms with van der Waals surface area (Å²) in [6.45, 7) is 6.48. The maximum atomic E-state index is 12.4. The summed E-state index contributed by atoms with van der Waals surface area (Å²) >= 11 is 7.40. The van der Waals surface area contributed by atoms with E-state index in [2.05, 4.69) is 5.32 Å². The molecule has 2 rings (SSSR count). The summed E-state index contributed by atoms with van der Waals surface area (Å²) in [6, 6.07) is 15.3. The SMILES string of the molecule is CCOc1ccc([C@H](C)NC(=O)[C@@H](C)Sc2ccc(Cl)cc2)cc1. The fourth-order valence-corrected chi connectivity index (χ4v) is 3.21. The molecule has 0 aliphatic carbocycles. The molecule has 0 bridgehead atoms. The highest BCUT2D eigenvalue weighted by molar-refractivity contribution is 8.00. The lowest BCUT2D eigenvalue weighted by molar-refractivity contribution is -0.120. The Morgan fingerprint density at radius 1 is 1.12 bits per heavy atom. The van der Waals surface area contributed by atoms with E-state index in [9.17, 15) is 4.79 Å². The molecule has 2 atom stereocenters. The van der Waals surface area contributed by atoms with Crippen LogP contribution in [0.3, 0.4) is 0 Å². The minimum Gasteiger partial charge on any atom is -0.494 e. The van der Waals surface area contributed by atoms with Gasteiger partial charge in [-0.15, -0.1) is 11.8 Å². The van der Waals surface area contributed by atoms with Crippen LogP contribution in [0, 0.1) is 0 Å². The average Bonchev–Trinajstić information content (AvgIpc) is 2.57. The van der Waals surface area contributed by atoms with Gasteiger partial charge in [0.1, 0.15) is 5.75 Å². The van der Waals surface area contributed by atoms with E-state index in [0.29, 0.717) is 11.6 Å². The van der Waals surface area contributed by atoms with Crippen LogP contribution < -0.4 is 10.1 Å². The summed E-state index contributed by atoms with van der Waals surface area (Å²) in [6.07, 6.45) is 0. The van der Waals surface area contributed by atoms with Gasteiger partial charge in [0.2, 0.25) is 5.91 Å². The predicted molar refractivity (Wildman–Crippen MR) is 101 cm³/mol. The third kappa shape index (κ3) is 5.46. The van der Waals surface area contributed by atoms with Crippen LogP contribution in [0.25, 0.3) is 0 Å². The zero-order valence-electron chi connectivity index (χ0n) is 14.1. The second-order valence-corrected chi connectivity index (χ2v) is 7.30. The Morgan fingerprint density at radius 2 is 1.75 bits per heavy atom. The van der Waals surface area contributed by atoms with Crippen molar-refractivity contribution >= 4 is 29.3 Å². The molecule has 2 aromatic carbocycles. The number of halogens is 1. The average molecular weight is 364 g/mol. The third-order valence-corrected chi connectivity index (χ3v) is 4.91. The highest BCUT2D eigenvalue weighted by Gasteiger charge is 2.17. The van der Waals surface area contributed by atoms with Gasteiger partial charge in [-0.25, -0.2) is 0 Å². The minimum absolute atomic E-state index is 0.0105. The van der Waals surface area contributed by atoms with Gasteiger partial charge in [0.05, 0.1) is 17.9 Å². The Hall–Kier alpha value is -1.65. The molecular formula is C19H22ClNO2S. The molecule has 0 aliphatic rings. The van der Waals surface area contributed by atoms with E-state index in [1.807, 2.05) is 69.3 Å². The Labute approximate surface area is 152 Å². The van der Waals surface area contributed by atoms with Gasteiger partial charge < -0.3 is 10.1 Å². The van der Waals surface area contributed by atoms with E-state index in [-0.39, 0.29) is 17.2 Å². The van der Waals surface area contributed by atoms with Crippen LogP contribution in [-0.2, 0) is 4.79 Å². The number of hydrogen-bond acceptors (Lipinski definition) is 3. The summed E-state index contributed by atoms with van der Waals surface area (Å²) < 4.78 is 5.43. The van der Waals surface area contributed by atoms with E-state index in [1.165, 1.54) is 11.8 Å². The number of hydrogen-bond donors (Lipinski definition) is 1. The van der Waals surface area contributed by atoms with Gasteiger partial charge >= 0.3 is 0 Å². The molecule has 3 nitrogen and oxygen atoms in total. The van der Waals surface area contributed by atoms with Crippen LogP contribution in [0.15, 0.2) is 53.4 Å². The van der Waals surface area contributed by atoms with Crippen molar-refractivity contribution in [1.82, 2.24) is 5.32 Å². The van der Waals surface area contributed by atoms with Crippen molar-refractivity contribution in [2.45, 2.75) is 37.0 Å². The van der Waals surface area contributed by atoms with Crippen molar-refractivity contribution in [2.75, 3.05) is 6.61 Å². The van der Waals surface area contributed by atoms with Crippen molar-refractivity contribution in [3.8, 4) is 5.75 Å². The van der Waals surface area contributed by atoms with E-state index < -0.39 is 0 Å². The molecule has 0 aromatic heterocycles. The first kappa shape index (κ1) is 18.7. The number of carbonyl (C=O) groups excluding carboxylic acids is 1. The second kappa shape index (κ2) is 9.00. The molecule has 0 saturated heterocycles. The van der Waals surface area contributed by atoms with Crippen LogP contribution >= 0.6 is 23.4 Å². The van der Waals surface area contributed by atoms with E-state index >= 15 is 0 Å². The van der Waals surface area contributed by atoms with Gasteiger partial charge in [0.15, 0.2) is 0 Å². The molecule has 128 valence electrons. The summed E-state index contributed by atoms with van der Waals surface area (Å²) in [7, 11) is 0. The first-order valence-corrected chi connectivity index (χ1v) is 9.20. The number of amides is 1. The summed E-state index contributed by atoms with van der Waals surface area (Å²) in [5.74, 6) is 0.850. The molecular weight excluding hydrogens is 342 g/mol. The molecule has 0 aliphatic heterocycles. The van der Waals surface area contributed by atoms with Gasteiger partial charge in [-0.05, 0) is 62.7 Å². The number of thioether (sulfide) groups is 1. The Kier molecular flexibility index (Phi) is 7.00. The van der Waals surface area contributed by atoms with Gasteiger partial charge in [-0.2, -0.15) is 0 Å². The molecule has 1 N–H and O–H groups in total. The number of nitrogens with one attached hydrogen (secondary N) is 1.